The number of benzene rings is 1. The Bertz CT molecular complexity index is 1130. The van der Waals surface area contributed by atoms with Gasteiger partial charge in [0.15, 0.2) is 5.65 Å². The van der Waals surface area contributed by atoms with Gasteiger partial charge in [-0.15, -0.1) is 0 Å². The molecular formula is C22H20N4O2. The first kappa shape index (κ1) is 16.7. The lowest BCUT2D eigenvalue weighted by molar-refractivity contribution is 0.0788. The van der Waals surface area contributed by atoms with Crippen LogP contribution < -0.4 is 0 Å². The molecule has 1 saturated heterocycles. The van der Waals surface area contributed by atoms with Crippen LogP contribution in [0.3, 0.4) is 0 Å². The highest BCUT2D eigenvalue weighted by Crippen LogP contribution is 2.32. The van der Waals surface area contributed by atoms with E-state index in [0.29, 0.717) is 13.1 Å². The van der Waals surface area contributed by atoms with E-state index in [1.807, 2.05) is 54.3 Å². The van der Waals surface area contributed by atoms with Crippen LogP contribution in [-0.4, -0.2) is 38.4 Å². The van der Waals surface area contributed by atoms with Gasteiger partial charge in [0.25, 0.3) is 5.91 Å². The van der Waals surface area contributed by atoms with Gasteiger partial charge in [-0.1, -0.05) is 17.7 Å². The first-order valence-electron chi connectivity index (χ1n) is 9.42. The average molecular weight is 372 g/mol. The monoisotopic (exact) mass is 372 g/mol. The average Bonchev–Trinajstić information content (AvgIpc) is 3.46. The van der Waals surface area contributed by atoms with E-state index in [0.717, 1.165) is 40.1 Å². The summed E-state index contributed by atoms with van der Waals surface area (Å²) in [7, 11) is 0. The van der Waals surface area contributed by atoms with Crippen LogP contribution in [0, 0.1) is 6.92 Å². The summed E-state index contributed by atoms with van der Waals surface area (Å²) in [5.74, 6) is 0.904. The van der Waals surface area contributed by atoms with Gasteiger partial charge in [-0.3, -0.25) is 4.79 Å². The van der Waals surface area contributed by atoms with Crippen LogP contribution in [0.2, 0.25) is 0 Å². The number of fused-ring (bicyclic) bond motifs is 1. The van der Waals surface area contributed by atoms with Gasteiger partial charge < -0.3 is 13.9 Å². The minimum Gasteiger partial charge on any atom is -0.472 e. The van der Waals surface area contributed by atoms with Gasteiger partial charge in [-0.25, -0.2) is 9.97 Å². The number of likely N-dealkylation sites (tertiary alicyclic amines) is 1. The summed E-state index contributed by atoms with van der Waals surface area (Å²) in [6.07, 6.45) is 5.99. The fourth-order valence-corrected chi connectivity index (χ4v) is 3.89. The summed E-state index contributed by atoms with van der Waals surface area (Å²) in [5.41, 5.74) is 4.49. The molecule has 5 rings (SSSR count). The normalized spacial score (nSPS) is 16.8. The lowest BCUT2D eigenvalue weighted by Crippen LogP contribution is -2.29. The summed E-state index contributed by atoms with van der Waals surface area (Å²) in [6, 6.07) is 13.6. The highest BCUT2D eigenvalue weighted by atomic mass is 16.3. The zero-order valence-electron chi connectivity index (χ0n) is 15.6. The molecule has 28 heavy (non-hydrogen) atoms. The predicted octanol–water partition coefficient (Wildman–Crippen LogP) is 4.09. The van der Waals surface area contributed by atoms with Crippen molar-refractivity contribution in [2.75, 3.05) is 13.1 Å². The second-order valence-electron chi connectivity index (χ2n) is 7.22. The number of aromatic nitrogens is 3. The molecule has 0 N–H and O–H groups in total. The Balaban J connectivity index is 1.49. The molecule has 140 valence electrons. The van der Waals surface area contributed by atoms with Crippen molar-refractivity contribution < 1.29 is 9.21 Å². The standard InChI is InChI=1S/C22H20N4O2/c1-15-4-6-16(7-5-15)22(27)25-11-8-18(13-25)26-20(17-9-12-28-14-17)24-19-3-2-10-23-21(19)26/h2-7,9-10,12,14,18H,8,11,13H2,1H3/t18-/m0/s1. The second kappa shape index (κ2) is 6.64. The highest BCUT2D eigenvalue weighted by Gasteiger charge is 2.31. The number of carbonyl (C=O) groups is 1. The molecule has 6 heteroatoms. The van der Waals surface area contributed by atoms with E-state index in [1.165, 1.54) is 0 Å². The summed E-state index contributed by atoms with van der Waals surface area (Å²) >= 11 is 0. The number of nitrogens with zero attached hydrogens (tertiary/aromatic N) is 4. The molecule has 3 aromatic heterocycles. The van der Waals surface area contributed by atoms with Gasteiger partial charge in [-0.2, -0.15) is 0 Å². The number of hydrogen-bond donors (Lipinski definition) is 0. The molecule has 1 aliphatic heterocycles. The van der Waals surface area contributed by atoms with Crippen LogP contribution in [0.1, 0.15) is 28.4 Å². The smallest absolute Gasteiger partial charge is 0.253 e. The Morgan fingerprint density at radius 1 is 1.18 bits per heavy atom. The SMILES string of the molecule is Cc1ccc(C(=O)N2CC[C@H](n3c(-c4ccoc4)nc4cccnc43)C2)cc1. The van der Waals surface area contributed by atoms with Crippen molar-refractivity contribution in [3.8, 4) is 11.4 Å². The maximum absolute atomic E-state index is 12.9. The van der Waals surface area contributed by atoms with Crippen molar-refractivity contribution in [2.45, 2.75) is 19.4 Å². The zero-order valence-corrected chi connectivity index (χ0v) is 15.6. The largest absolute Gasteiger partial charge is 0.472 e. The highest BCUT2D eigenvalue weighted by molar-refractivity contribution is 5.94. The van der Waals surface area contributed by atoms with Crippen molar-refractivity contribution in [3.05, 3.63) is 72.3 Å². The van der Waals surface area contributed by atoms with E-state index >= 15 is 0 Å². The minimum atomic E-state index is 0.0738. The summed E-state index contributed by atoms with van der Waals surface area (Å²) in [4.78, 5) is 24.2. The number of imidazole rings is 1. The number of carbonyl (C=O) groups excluding carboxylic acids is 1. The molecule has 0 bridgehead atoms. The molecule has 0 radical (unpaired) electrons. The van der Waals surface area contributed by atoms with Gasteiger partial charge in [0, 0.05) is 24.8 Å². The summed E-state index contributed by atoms with van der Waals surface area (Å²) in [5, 5.41) is 0. The Labute approximate surface area is 162 Å². The fourth-order valence-electron chi connectivity index (χ4n) is 3.89. The van der Waals surface area contributed by atoms with E-state index in [2.05, 4.69) is 9.55 Å². The molecule has 1 atom stereocenters. The molecule has 1 amide bonds. The molecule has 0 aliphatic carbocycles. The summed E-state index contributed by atoms with van der Waals surface area (Å²) in [6.45, 7) is 3.38. The van der Waals surface area contributed by atoms with Crippen LogP contribution in [0.4, 0.5) is 0 Å². The molecule has 0 saturated carbocycles. The second-order valence-corrected chi connectivity index (χ2v) is 7.22. The van der Waals surface area contributed by atoms with Crippen LogP contribution in [-0.2, 0) is 0 Å². The quantitative estimate of drug-likeness (QED) is 0.543. The van der Waals surface area contributed by atoms with Crippen molar-refractivity contribution in [2.24, 2.45) is 0 Å². The zero-order chi connectivity index (χ0) is 19.1. The Hall–Kier alpha value is -3.41. The van der Waals surface area contributed by atoms with Crippen LogP contribution in [0.25, 0.3) is 22.6 Å². The van der Waals surface area contributed by atoms with Crippen LogP contribution in [0.5, 0.6) is 0 Å². The third-order valence-electron chi connectivity index (χ3n) is 5.34. The van der Waals surface area contributed by atoms with Crippen molar-refractivity contribution in [1.29, 1.82) is 0 Å². The Morgan fingerprint density at radius 2 is 2.04 bits per heavy atom. The van der Waals surface area contributed by atoms with E-state index in [9.17, 15) is 4.79 Å². The number of amides is 1. The van der Waals surface area contributed by atoms with Crippen molar-refractivity contribution in [3.63, 3.8) is 0 Å². The number of furan rings is 1. The molecule has 4 heterocycles. The molecule has 6 nitrogen and oxygen atoms in total. The van der Waals surface area contributed by atoms with E-state index in [-0.39, 0.29) is 11.9 Å². The maximum Gasteiger partial charge on any atom is 0.253 e. The van der Waals surface area contributed by atoms with E-state index in [1.54, 1.807) is 18.7 Å². The van der Waals surface area contributed by atoms with Gasteiger partial charge >= 0.3 is 0 Å². The molecule has 0 spiro atoms. The van der Waals surface area contributed by atoms with Gasteiger partial charge in [-0.05, 0) is 43.7 Å². The van der Waals surface area contributed by atoms with Gasteiger partial charge in [0.2, 0.25) is 0 Å². The number of aryl methyl sites for hydroxylation is 1. The van der Waals surface area contributed by atoms with Crippen LogP contribution >= 0.6 is 0 Å². The fraction of sp³-hybridized carbons (Fsp3) is 0.227. The number of rotatable bonds is 3. The van der Waals surface area contributed by atoms with Gasteiger partial charge in [0.05, 0.1) is 17.9 Å². The van der Waals surface area contributed by atoms with Crippen molar-refractivity contribution >= 4 is 17.1 Å². The molecular weight excluding hydrogens is 352 g/mol. The Morgan fingerprint density at radius 3 is 2.82 bits per heavy atom. The van der Waals surface area contributed by atoms with Gasteiger partial charge in [0.1, 0.15) is 17.6 Å². The van der Waals surface area contributed by atoms with Crippen LogP contribution in [0.15, 0.2) is 65.6 Å². The lowest BCUT2D eigenvalue weighted by Gasteiger charge is -2.18. The topological polar surface area (TPSA) is 64.2 Å². The minimum absolute atomic E-state index is 0.0738. The molecule has 4 aromatic rings. The van der Waals surface area contributed by atoms with E-state index < -0.39 is 0 Å². The molecule has 1 aromatic carbocycles. The summed E-state index contributed by atoms with van der Waals surface area (Å²) < 4.78 is 7.43. The molecule has 1 fully saturated rings. The third kappa shape index (κ3) is 2.78. The van der Waals surface area contributed by atoms with Crippen molar-refractivity contribution in [1.82, 2.24) is 19.4 Å². The first-order valence-corrected chi connectivity index (χ1v) is 9.42. The first-order chi connectivity index (χ1) is 13.7. The predicted molar refractivity (Wildman–Crippen MR) is 106 cm³/mol. The maximum atomic E-state index is 12.9. The third-order valence-corrected chi connectivity index (χ3v) is 5.34. The molecule has 1 aliphatic rings. The molecule has 0 unspecified atom stereocenters. The van der Waals surface area contributed by atoms with E-state index in [4.69, 9.17) is 9.40 Å². The number of hydrogen-bond acceptors (Lipinski definition) is 4. The lowest BCUT2D eigenvalue weighted by atomic mass is 10.1. The Kier molecular flexibility index (Phi) is 3.97. The number of pyridine rings is 1.